The molecule has 4 unspecified atom stereocenters. The van der Waals surface area contributed by atoms with E-state index in [1.807, 2.05) is 0 Å². The Balaban J connectivity index is 1.36. The first-order valence-electron chi connectivity index (χ1n) is 11.0. The summed E-state index contributed by atoms with van der Waals surface area (Å²) in [5.41, 5.74) is -1.42. The van der Waals surface area contributed by atoms with Crippen molar-refractivity contribution in [2.45, 2.75) is 57.7 Å². The normalized spacial score (nSPS) is 27.4. The van der Waals surface area contributed by atoms with Crippen LogP contribution in [0, 0.1) is 33.8 Å². The van der Waals surface area contributed by atoms with E-state index in [0.29, 0.717) is 37.9 Å². The molecule has 1 aromatic rings. The van der Waals surface area contributed by atoms with Crippen molar-refractivity contribution < 1.29 is 22.9 Å². The van der Waals surface area contributed by atoms with E-state index < -0.39 is 22.4 Å². The van der Waals surface area contributed by atoms with Crippen LogP contribution in [0.2, 0.25) is 0 Å². The van der Waals surface area contributed by atoms with E-state index in [2.05, 4.69) is 12.2 Å². The lowest BCUT2D eigenvalue weighted by molar-refractivity contribution is -0.384. The van der Waals surface area contributed by atoms with E-state index >= 15 is 0 Å². The monoisotopic (exact) mass is 439 g/mol. The van der Waals surface area contributed by atoms with E-state index in [4.69, 9.17) is 0 Å². The zero-order chi connectivity index (χ0) is 22.3. The van der Waals surface area contributed by atoms with Gasteiger partial charge in [0.05, 0.1) is 10.5 Å². The van der Waals surface area contributed by atoms with Crippen LogP contribution in [0.25, 0.3) is 0 Å². The molecule has 1 amide bonds. The van der Waals surface area contributed by atoms with Gasteiger partial charge in [0.25, 0.3) is 5.69 Å². The number of nitro groups is 1. The van der Waals surface area contributed by atoms with Crippen LogP contribution >= 0.6 is 0 Å². The minimum atomic E-state index is -4.64. The third kappa shape index (κ3) is 4.50. The molecule has 0 spiro atoms. The number of nitro benzene ring substituents is 1. The largest absolute Gasteiger partial charge is 0.416 e. The molecule has 3 fully saturated rings. The molecule has 1 aliphatic heterocycles. The van der Waals surface area contributed by atoms with Crippen molar-refractivity contribution in [3.63, 3.8) is 0 Å². The highest BCUT2D eigenvalue weighted by molar-refractivity contribution is 5.79. The predicted octanol–water partition coefficient (Wildman–Crippen LogP) is 4.77. The van der Waals surface area contributed by atoms with Gasteiger partial charge in [0.15, 0.2) is 0 Å². The van der Waals surface area contributed by atoms with Crippen LogP contribution in [0.1, 0.15) is 51.0 Å². The van der Waals surface area contributed by atoms with Gasteiger partial charge in [-0.2, -0.15) is 13.2 Å². The van der Waals surface area contributed by atoms with Gasteiger partial charge in [-0.15, -0.1) is 0 Å². The fourth-order valence-electron chi connectivity index (χ4n) is 5.85. The van der Waals surface area contributed by atoms with Crippen LogP contribution in [0.3, 0.4) is 0 Å². The van der Waals surface area contributed by atoms with Gasteiger partial charge >= 0.3 is 6.18 Å². The molecular weight excluding hydrogens is 411 g/mol. The first-order chi connectivity index (χ1) is 14.6. The number of halogens is 3. The Morgan fingerprint density at radius 1 is 1.19 bits per heavy atom. The van der Waals surface area contributed by atoms with E-state index in [1.54, 1.807) is 4.90 Å². The molecule has 1 heterocycles. The van der Waals surface area contributed by atoms with Crippen molar-refractivity contribution in [3.8, 4) is 0 Å². The number of fused-ring (bicyclic) bond motifs is 2. The second-order valence-electron chi connectivity index (χ2n) is 9.36. The molecule has 2 saturated carbocycles. The van der Waals surface area contributed by atoms with Gasteiger partial charge in [-0.05, 0) is 68.9 Å². The Kier molecular flexibility index (Phi) is 5.87. The molecule has 0 aromatic heterocycles. The molecule has 2 bridgehead atoms. The Labute approximate surface area is 179 Å². The van der Waals surface area contributed by atoms with Gasteiger partial charge in [-0.3, -0.25) is 14.9 Å². The lowest BCUT2D eigenvalue weighted by atomic mass is 9.83. The molecule has 3 aliphatic rings. The smallest absolute Gasteiger partial charge is 0.366 e. The Morgan fingerprint density at radius 3 is 2.45 bits per heavy atom. The number of carbonyl (C=O) groups is 1. The molecule has 1 saturated heterocycles. The predicted molar refractivity (Wildman–Crippen MR) is 110 cm³/mol. The van der Waals surface area contributed by atoms with E-state index in [9.17, 15) is 28.1 Å². The molecule has 1 aromatic carbocycles. The maximum absolute atomic E-state index is 12.9. The number of alkyl halides is 3. The minimum absolute atomic E-state index is 0.0249. The number of hydrogen-bond acceptors (Lipinski definition) is 4. The van der Waals surface area contributed by atoms with Crippen molar-refractivity contribution in [1.29, 1.82) is 0 Å². The molecular formula is C22H28F3N3O3. The second kappa shape index (κ2) is 8.31. The van der Waals surface area contributed by atoms with Gasteiger partial charge in [-0.1, -0.05) is 6.42 Å². The summed E-state index contributed by atoms with van der Waals surface area (Å²) in [5.74, 6) is 1.94. The maximum atomic E-state index is 12.9. The number of nitrogens with zero attached hydrogens (tertiary/aromatic N) is 2. The molecule has 31 heavy (non-hydrogen) atoms. The van der Waals surface area contributed by atoms with Gasteiger partial charge in [-0.25, -0.2) is 0 Å². The third-order valence-corrected chi connectivity index (χ3v) is 7.51. The standard InChI is InChI=1S/C22H28F3N3O3/c1-13(18-11-14-2-3-16(18)10-14)26-21(29)15-6-8-27(9-7-15)19-5-4-17(22(23,24)25)12-20(19)28(30)31/h4-5,12-16,18H,2-3,6-11H2,1H3,(H,26,29). The summed E-state index contributed by atoms with van der Waals surface area (Å²) in [4.78, 5) is 25.1. The van der Waals surface area contributed by atoms with Crippen molar-refractivity contribution >= 4 is 17.3 Å². The van der Waals surface area contributed by atoms with Crippen LogP contribution in [0.5, 0.6) is 0 Å². The van der Waals surface area contributed by atoms with Crippen LogP contribution in [0.4, 0.5) is 24.5 Å². The number of amides is 1. The van der Waals surface area contributed by atoms with E-state index in [1.165, 1.54) is 31.7 Å². The number of rotatable bonds is 5. The number of carbonyl (C=O) groups excluding carboxylic acids is 1. The summed E-state index contributed by atoms with van der Waals surface area (Å²) in [6.07, 6.45) is 1.47. The minimum Gasteiger partial charge on any atom is -0.366 e. The number of benzene rings is 1. The van der Waals surface area contributed by atoms with E-state index in [0.717, 1.165) is 17.9 Å². The SMILES string of the molecule is CC(NC(=O)C1CCN(c2ccc(C(F)(F)F)cc2[N+](=O)[O-])CC1)C1CC2CCC1C2. The van der Waals surface area contributed by atoms with Crippen LogP contribution < -0.4 is 10.2 Å². The summed E-state index contributed by atoms with van der Waals surface area (Å²) in [6, 6.07) is 2.78. The summed E-state index contributed by atoms with van der Waals surface area (Å²) in [6.45, 7) is 2.88. The fourth-order valence-corrected chi connectivity index (χ4v) is 5.85. The van der Waals surface area contributed by atoms with Crippen LogP contribution in [-0.2, 0) is 11.0 Å². The van der Waals surface area contributed by atoms with Crippen molar-refractivity contribution in [3.05, 3.63) is 33.9 Å². The molecule has 2 aliphatic carbocycles. The molecule has 4 atom stereocenters. The highest BCUT2D eigenvalue weighted by atomic mass is 19.4. The summed E-state index contributed by atoms with van der Waals surface area (Å²) in [5, 5.41) is 14.6. The topological polar surface area (TPSA) is 75.5 Å². The second-order valence-corrected chi connectivity index (χ2v) is 9.36. The van der Waals surface area contributed by atoms with Gasteiger partial charge in [0.1, 0.15) is 5.69 Å². The van der Waals surface area contributed by atoms with Gasteiger partial charge < -0.3 is 10.2 Å². The zero-order valence-electron chi connectivity index (χ0n) is 17.5. The summed E-state index contributed by atoms with van der Waals surface area (Å²) in [7, 11) is 0. The summed E-state index contributed by atoms with van der Waals surface area (Å²) >= 11 is 0. The molecule has 9 heteroatoms. The molecule has 0 radical (unpaired) electrons. The number of nitrogens with one attached hydrogen (secondary N) is 1. The van der Waals surface area contributed by atoms with Gasteiger partial charge in [0, 0.05) is 31.1 Å². The highest BCUT2D eigenvalue weighted by Gasteiger charge is 2.42. The van der Waals surface area contributed by atoms with Crippen LogP contribution in [-0.4, -0.2) is 30.0 Å². The van der Waals surface area contributed by atoms with E-state index in [-0.39, 0.29) is 23.6 Å². The van der Waals surface area contributed by atoms with Crippen molar-refractivity contribution in [2.24, 2.45) is 23.7 Å². The Morgan fingerprint density at radius 2 is 1.90 bits per heavy atom. The highest BCUT2D eigenvalue weighted by Crippen LogP contribution is 2.49. The average Bonchev–Trinajstić information content (AvgIpc) is 3.36. The molecule has 170 valence electrons. The lowest BCUT2D eigenvalue weighted by Gasteiger charge is -2.34. The van der Waals surface area contributed by atoms with Crippen LogP contribution in [0.15, 0.2) is 18.2 Å². The van der Waals surface area contributed by atoms with Crippen molar-refractivity contribution in [2.75, 3.05) is 18.0 Å². The number of anilines is 1. The molecule has 1 N–H and O–H groups in total. The zero-order valence-corrected chi connectivity index (χ0v) is 17.5. The Hall–Kier alpha value is -2.32. The first-order valence-corrected chi connectivity index (χ1v) is 11.0. The van der Waals surface area contributed by atoms with Crippen molar-refractivity contribution in [1.82, 2.24) is 5.32 Å². The lowest BCUT2D eigenvalue weighted by Crippen LogP contribution is -2.46. The number of hydrogen-bond donors (Lipinski definition) is 1. The number of piperidine rings is 1. The maximum Gasteiger partial charge on any atom is 0.416 e. The Bertz CT molecular complexity index is 852. The third-order valence-electron chi connectivity index (χ3n) is 7.51. The fraction of sp³-hybridized carbons (Fsp3) is 0.682. The first kappa shape index (κ1) is 21.9. The quantitative estimate of drug-likeness (QED) is 0.530. The molecule has 4 rings (SSSR count). The van der Waals surface area contributed by atoms with Gasteiger partial charge in [0.2, 0.25) is 5.91 Å². The molecule has 6 nitrogen and oxygen atoms in total. The summed E-state index contributed by atoms with van der Waals surface area (Å²) < 4.78 is 38.8. The average molecular weight is 439 g/mol.